The van der Waals surface area contributed by atoms with Crippen LogP contribution in [-0.4, -0.2) is 24.4 Å². The lowest BCUT2D eigenvalue weighted by molar-refractivity contribution is 0.0794. The number of halogens is 1. The number of unbranched alkanes of at least 4 members (excludes halogenated alkanes) is 1. The van der Waals surface area contributed by atoms with Crippen LogP contribution in [-0.2, 0) is 0 Å². The van der Waals surface area contributed by atoms with Crippen LogP contribution in [0.2, 0.25) is 5.02 Å². The molecule has 0 N–H and O–H groups in total. The Hall–Kier alpha value is -0.930. The predicted molar refractivity (Wildman–Crippen MR) is 75.1 cm³/mol. The molecule has 0 bridgehead atoms. The average molecular weight is 270 g/mol. The quantitative estimate of drug-likeness (QED) is 0.491. The van der Waals surface area contributed by atoms with Crippen LogP contribution < -0.4 is 0 Å². The fourth-order valence-corrected chi connectivity index (χ4v) is 1.86. The third-order valence-electron chi connectivity index (χ3n) is 2.43. The van der Waals surface area contributed by atoms with Crippen molar-refractivity contribution in [3.63, 3.8) is 0 Å². The highest BCUT2D eigenvalue weighted by Gasteiger charge is 2.14. The summed E-state index contributed by atoms with van der Waals surface area (Å²) in [6.45, 7) is 4.34. The molecule has 17 heavy (non-hydrogen) atoms. The third kappa shape index (κ3) is 4.10. The van der Waals surface area contributed by atoms with E-state index in [1.54, 1.807) is 30.1 Å². The molecule has 0 aliphatic rings. The number of benzene rings is 1. The average Bonchev–Trinajstić information content (AvgIpc) is 2.31. The zero-order valence-corrected chi connectivity index (χ0v) is 11.5. The van der Waals surface area contributed by atoms with Crippen LogP contribution >= 0.6 is 24.2 Å². The van der Waals surface area contributed by atoms with E-state index in [2.05, 4.69) is 19.2 Å². The van der Waals surface area contributed by atoms with Crippen LogP contribution in [0.5, 0.6) is 0 Å². The first-order chi connectivity index (χ1) is 8.06. The van der Waals surface area contributed by atoms with E-state index in [0.717, 1.165) is 17.7 Å². The standard InChI is InChI=1S/C13H16ClNOS/c1-3-4-5-8-15(2)13(16)11-9-10(17)6-7-12(11)14/h3,6-7,9,17H,1,4-5,8H2,2H3. The number of amides is 1. The lowest BCUT2D eigenvalue weighted by atomic mass is 10.2. The Bertz CT molecular complexity index is 420. The third-order valence-corrected chi connectivity index (χ3v) is 3.04. The van der Waals surface area contributed by atoms with Crippen molar-refractivity contribution < 1.29 is 4.79 Å². The smallest absolute Gasteiger partial charge is 0.255 e. The summed E-state index contributed by atoms with van der Waals surface area (Å²) in [5.41, 5.74) is 0.500. The monoisotopic (exact) mass is 269 g/mol. The summed E-state index contributed by atoms with van der Waals surface area (Å²) in [5, 5.41) is 0.461. The molecule has 0 radical (unpaired) electrons. The maximum absolute atomic E-state index is 12.1. The number of rotatable bonds is 5. The second kappa shape index (κ2) is 6.72. The van der Waals surface area contributed by atoms with E-state index in [1.165, 1.54) is 0 Å². The molecular weight excluding hydrogens is 254 g/mol. The van der Waals surface area contributed by atoms with E-state index >= 15 is 0 Å². The van der Waals surface area contributed by atoms with Crippen molar-refractivity contribution in [2.24, 2.45) is 0 Å². The first kappa shape index (κ1) is 14.1. The summed E-state index contributed by atoms with van der Waals surface area (Å²) in [5.74, 6) is -0.0741. The lowest BCUT2D eigenvalue weighted by Gasteiger charge is -2.17. The zero-order chi connectivity index (χ0) is 12.8. The van der Waals surface area contributed by atoms with E-state index < -0.39 is 0 Å². The molecular formula is C13H16ClNOS. The van der Waals surface area contributed by atoms with E-state index in [0.29, 0.717) is 17.1 Å². The maximum Gasteiger partial charge on any atom is 0.255 e. The van der Waals surface area contributed by atoms with Crippen molar-refractivity contribution in [3.8, 4) is 0 Å². The van der Waals surface area contributed by atoms with Crippen LogP contribution in [0.4, 0.5) is 0 Å². The Morgan fingerprint density at radius 2 is 2.29 bits per heavy atom. The normalized spacial score (nSPS) is 10.1. The van der Waals surface area contributed by atoms with Gasteiger partial charge in [-0.15, -0.1) is 19.2 Å². The van der Waals surface area contributed by atoms with E-state index in [1.807, 2.05) is 6.08 Å². The van der Waals surface area contributed by atoms with Gasteiger partial charge in [-0.25, -0.2) is 0 Å². The summed E-state index contributed by atoms with van der Waals surface area (Å²) >= 11 is 10.2. The number of hydrogen-bond acceptors (Lipinski definition) is 2. The van der Waals surface area contributed by atoms with Gasteiger partial charge in [-0.3, -0.25) is 4.79 Å². The van der Waals surface area contributed by atoms with Crippen molar-refractivity contribution in [2.45, 2.75) is 17.7 Å². The largest absolute Gasteiger partial charge is 0.342 e. The summed E-state index contributed by atoms with van der Waals surface area (Å²) in [6.07, 6.45) is 3.65. The summed E-state index contributed by atoms with van der Waals surface area (Å²) in [6, 6.07) is 5.15. The van der Waals surface area contributed by atoms with Gasteiger partial charge in [0.2, 0.25) is 0 Å². The topological polar surface area (TPSA) is 20.3 Å². The highest BCUT2D eigenvalue weighted by Crippen LogP contribution is 2.21. The van der Waals surface area contributed by atoms with Crippen LogP contribution in [0.15, 0.2) is 35.7 Å². The molecule has 0 aliphatic carbocycles. The van der Waals surface area contributed by atoms with E-state index in [-0.39, 0.29) is 5.91 Å². The molecule has 0 saturated heterocycles. The molecule has 0 spiro atoms. The van der Waals surface area contributed by atoms with Crippen molar-refractivity contribution >= 4 is 30.1 Å². The molecule has 0 heterocycles. The fourth-order valence-electron chi connectivity index (χ4n) is 1.46. The molecule has 1 amide bonds. The first-order valence-corrected chi connectivity index (χ1v) is 6.23. The highest BCUT2D eigenvalue weighted by molar-refractivity contribution is 7.80. The van der Waals surface area contributed by atoms with Crippen molar-refractivity contribution in [3.05, 3.63) is 41.4 Å². The van der Waals surface area contributed by atoms with E-state index in [9.17, 15) is 4.79 Å². The number of nitrogens with zero attached hydrogens (tertiary/aromatic N) is 1. The maximum atomic E-state index is 12.1. The fraction of sp³-hybridized carbons (Fsp3) is 0.308. The minimum absolute atomic E-state index is 0.0741. The van der Waals surface area contributed by atoms with E-state index in [4.69, 9.17) is 11.6 Å². The van der Waals surface area contributed by atoms with Gasteiger partial charge in [0.05, 0.1) is 10.6 Å². The lowest BCUT2D eigenvalue weighted by Crippen LogP contribution is -2.27. The Kier molecular flexibility index (Phi) is 5.59. The molecule has 0 saturated carbocycles. The molecule has 0 aromatic heterocycles. The summed E-state index contributed by atoms with van der Waals surface area (Å²) in [7, 11) is 1.77. The van der Waals surface area contributed by atoms with Gasteiger partial charge in [-0.05, 0) is 31.0 Å². The minimum Gasteiger partial charge on any atom is -0.342 e. The molecule has 0 atom stereocenters. The van der Waals surface area contributed by atoms with Crippen molar-refractivity contribution in [1.29, 1.82) is 0 Å². The van der Waals surface area contributed by atoms with Gasteiger partial charge in [-0.1, -0.05) is 17.7 Å². The van der Waals surface area contributed by atoms with Crippen LogP contribution in [0, 0.1) is 0 Å². The number of carbonyl (C=O) groups excluding carboxylic acids is 1. The Morgan fingerprint density at radius 3 is 2.94 bits per heavy atom. The number of carbonyl (C=O) groups is 1. The van der Waals surface area contributed by atoms with Gasteiger partial charge < -0.3 is 4.90 Å². The second-order valence-electron chi connectivity index (χ2n) is 3.82. The SMILES string of the molecule is C=CCCCN(C)C(=O)c1cc(S)ccc1Cl. The molecule has 0 aliphatic heterocycles. The van der Waals surface area contributed by atoms with Gasteiger partial charge >= 0.3 is 0 Å². The molecule has 0 unspecified atom stereocenters. The minimum atomic E-state index is -0.0741. The van der Waals surface area contributed by atoms with Crippen LogP contribution in [0.3, 0.4) is 0 Å². The Labute approximate surface area is 113 Å². The molecule has 0 fully saturated rings. The molecule has 1 aromatic rings. The first-order valence-electron chi connectivity index (χ1n) is 5.41. The van der Waals surface area contributed by atoms with Crippen molar-refractivity contribution in [2.75, 3.05) is 13.6 Å². The van der Waals surface area contributed by atoms with Gasteiger partial charge in [0.15, 0.2) is 0 Å². The zero-order valence-electron chi connectivity index (χ0n) is 9.82. The Balaban J connectivity index is 2.74. The molecule has 4 heteroatoms. The molecule has 1 aromatic carbocycles. The van der Waals surface area contributed by atoms with Gasteiger partial charge in [0, 0.05) is 18.5 Å². The van der Waals surface area contributed by atoms with Crippen LogP contribution in [0.25, 0.3) is 0 Å². The summed E-state index contributed by atoms with van der Waals surface area (Å²) in [4.78, 5) is 14.5. The highest BCUT2D eigenvalue weighted by atomic mass is 35.5. The van der Waals surface area contributed by atoms with Gasteiger partial charge in [0.1, 0.15) is 0 Å². The number of thiol groups is 1. The predicted octanol–water partition coefficient (Wildman–Crippen LogP) is 3.67. The summed E-state index contributed by atoms with van der Waals surface area (Å²) < 4.78 is 0. The van der Waals surface area contributed by atoms with Crippen molar-refractivity contribution in [1.82, 2.24) is 4.90 Å². The molecule has 2 nitrogen and oxygen atoms in total. The second-order valence-corrected chi connectivity index (χ2v) is 4.75. The molecule has 1 rings (SSSR count). The van der Waals surface area contributed by atoms with Gasteiger partial charge in [-0.2, -0.15) is 0 Å². The van der Waals surface area contributed by atoms with Crippen LogP contribution in [0.1, 0.15) is 23.2 Å². The van der Waals surface area contributed by atoms with Gasteiger partial charge in [0.25, 0.3) is 5.91 Å². The Morgan fingerprint density at radius 1 is 1.59 bits per heavy atom. The number of allylic oxidation sites excluding steroid dienone is 1. The number of hydrogen-bond donors (Lipinski definition) is 1. The molecule has 92 valence electrons.